The van der Waals surface area contributed by atoms with Gasteiger partial charge in [-0.05, 0) is 50.9 Å². The first-order valence-corrected chi connectivity index (χ1v) is 9.09. The standard InChI is InChI=1S/C19H29N3O/c1-21(2)16-6-7-17-18(12-16)23-11-10-22(17)13-15-5-3-4-14-8-9-20-19(14)15/h3-5,16-18,20H,6-13H2,1-2H3. The maximum absolute atomic E-state index is 6.14. The van der Waals surface area contributed by atoms with Crippen molar-refractivity contribution < 1.29 is 4.74 Å². The number of para-hydroxylation sites is 1. The first kappa shape index (κ1) is 15.4. The molecule has 4 heteroatoms. The lowest BCUT2D eigenvalue weighted by atomic mass is 9.86. The van der Waals surface area contributed by atoms with Crippen molar-refractivity contribution in [3.05, 3.63) is 29.3 Å². The molecule has 23 heavy (non-hydrogen) atoms. The number of morpholine rings is 1. The summed E-state index contributed by atoms with van der Waals surface area (Å²) in [7, 11) is 4.40. The normalized spacial score (nSPS) is 30.8. The molecule has 0 amide bonds. The van der Waals surface area contributed by atoms with E-state index in [1.165, 1.54) is 42.5 Å². The Labute approximate surface area is 139 Å². The summed E-state index contributed by atoms with van der Waals surface area (Å²) in [5.41, 5.74) is 4.36. The number of nitrogens with one attached hydrogen (secondary N) is 1. The summed E-state index contributed by atoms with van der Waals surface area (Å²) in [5, 5.41) is 3.59. The van der Waals surface area contributed by atoms with Crippen molar-refractivity contribution in [3.8, 4) is 0 Å². The lowest BCUT2D eigenvalue weighted by Gasteiger charge is -2.47. The van der Waals surface area contributed by atoms with Crippen LogP contribution in [-0.4, -0.2) is 61.8 Å². The molecular weight excluding hydrogens is 286 g/mol. The number of benzene rings is 1. The molecule has 4 nitrogen and oxygen atoms in total. The summed E-state index contributed by atoms with van der Waals surface area (Å²) >= 11 is 0. The van der Waals surface area contributed by atoms with Gasteiger partial charge in [0.1, 0.15) is 0 Å². The van der Waals surface area contributed by atoms with Gasteiger partial charge in [0.25, 0.3) is 0 Å². The average Bonchev–Trinajstić information content (AvgIpc) is 3.04. The van der Waals surface area contributed by atoms with Crippen molar-refractivity contribution in [1.82, 2.24) is 9.80 Å². The summed E-state index contributed by atoms with van der Waals surface area (Å²) < 4.78 is 6.14. The molecule has 1 N–H and O–H groups in total. The van der Waals surface area contributed by atoms with Gasteiger partial charge in [-0.25, -0.2) is 0 Å². The smallest absolute Gasteiger partial charge is 0.0745 e. The topological polar surface area (TPSA) is 27.7 Å². The highest BCUT2D eigenvalue weighted by Gasteiger charge is 2.38. The highest BCUT2D eigenvalue weighted by molar-refractivity contribution is 5.61. The fourth-order valence-electron chi connectivity index (χ4n) is 4.60. The number of nitrogens with zero attached hydrogens (tertiary/aromatic N) is 2. The Kier molecular flexibility index (Phi) is 4.31. The van der Waals surface area contributed by atoms with Crippen LogP contribution in [0.3, 0.4) is 0 Å². The summed E-state index contributed by atoms with van der Waals surface area (Å²) in [4.78, 5) is 5.04. The van der Waals surface area contributed by atoms with Gasteiger partial charge in [-0.2, -0.15) is 0 Å². The second-order valence-electron chi connectivity index (χ2n) is 7.51. The predicted octanol–water partition coefficient (Wildman–Crippen LogP) is 2.34. The van der Waals surface area contributed by atoms with E-state index in [9.17, 15) is 0 Å². The van der Waals surface area contributed by atoms with Crippen LogP contribution in [0.1, 0.15) is 30.4 Å². The highest BCUT2D eigenvalue weighted by Crippen LogP contribution is 2.33. The molecule has 126 valence electrons. The largest absolute Gasteiger partial charge is 0.384 e. The van der Waals surface area contributed by atoms with Crippen LogP contribution in [0.15, 0.2) is 18.2 Å². The molecule has 3 atom stereocenters. The van der Waals surface area contributed by atoms with Crippen molar-refractivity contribution in [3.63, 3.8) is 0 Å². The minimum absolute atomic E-state index is 0.412. The van der Waals surface area contributed by atoms with E-state index in [4.69, 9.17) is 4.74 Å². The molecule has 1 saturated heterocycles. The molecule has 2 aliphatic heterocycles. The van der Waals surface area contributed by atoms with E-state index in [1.807, 2.05) is 0 Å². The van der Waals surface area contributed by atoms with Gasteiger partial charge in [0.2, 0.25) is 0 Å². The average molecular weight is 315 g/mol. The number of hydrogen-bond donors (Lipinski definition) is 1. The second-order valence-corrected chi connectivity index (χ2v) is 7.51. The van der Waals surface area contributed by atoms with Gasteiger partial charge in [-0.1, -0.05) is 18.2 Å². The molecule has 0 radical (unpaired) electrons. The Morgan fingerprint density at radius 3 is 3.09 bits per heavy atom. The third kappa shape index (κ3) is 3.00. The zero-order valence-electron chi connectivity index (χ0n) is 14.4. The maximum Gasteiger partial charge on any atom is 0.0745 e. The van der Waals surface area contributed by atoms with E-state index >= 15 is 0 Å². The first-order valence-electron chi connectivity index (χ1n) is 9.09. The van der Waals surface area contributed by atoms with Gasteiger partial charge < -0.3 is 15.0 Å². The summed E-state index contributed by atoms with van der Waals surface area (Å²) in [6.07, 6.45) is 5.31. The van der Waals surface area contributed by atoms with Gasteiger partial charge in [-0.3, -0.25) is 4.90 Å². The third-order valence-electron chi connectivity index (χ3n) is 5.95. The molecule has 2 fully saturated rings. The van der Waals surface area contributed by atoms with Gasteiger partial charge in [0.15, 0.2) is 0 Å². The van der Waals surface area contributed by atoms with E-state index in [1.54, 1.807) is 0 Å². The summed E-state index contributed by atoms with van der Waals surface area (Å²) in [5.74, 6) is 0. The molecule has 2 heterocycles. The van der Waals surface area contributed by atoms with Crippen molar-refractivity contribution in [2.75, 3.05) is 39.1 Å². The molecule has 1 saturated carbocycles. The zero-order chi connectivity index (χ0) is 15.8. The lowest BCUT2D eigenvalue weighted by molar-refractivity contribution is -0.103. The van der Waals surface area contributed by atoms with Crippen molar-refractivity contribution >= 4 is 5.69 Å². The lowest BCUT2D eigenvalue weighted by Crippen LogP contribution is -2.55. The van der Waals surface area contributed by atoms with Crippen LogP contribution in [0.25, 0.3) is 0 Å². The van der Waals surface area contributed by atoms with Crippen molar-refractivity contribution in [1.29, 1.82) is 0 Å². The van der Waals surface area contributed by atoms with Crippen LogP contribution in [0.5, 0.6) is 0 Å². The Morgan fingerprint density at radius 1 is 1.30 bits per heavy atom. The van der Waals surface area contributed by atoms with Gasteiger partial charge in [-0.15, -0.1) is 0 Å². The van der Waals surface area contributed by atoms with E-state index in [-0.39, 0.29) is 0 Å². The molecule has 3 unspecified atom stereocenters. The molecule has 1 aliphatic carbocycles. The summed E-state index contributed by atoms with van der Waals surface area (Å²) in [6.45, 7) is 4.10. The molecule has 1 aromatic rings. The molecule has 4 rings (SSSR count). The van der Waals surface area contributed by atoms with E-state index in [2.05, 4.69) is 47.4 Å². The summed E-state index contributed by atoms with van der Waals surface area (Å²) in [6, 6.07) is 8.06. The molecular formula is C19H29N3O. The monoisotopic (exact) mass is 315 g/mol. The van der Waals surface area contributed by atoms with Crippen LogP contribution in [0.4, 0.5) is 5.69 Å². The number of fused-ring (bicyclic) bond motifs is 2. The Balaban J connectivity index is 1.48. The van der Waals surface area contributed by atoms with E-state index in [0.717, 1.165) is 26.2 Å². The predicted molar refractivity (Wildman–Crippen MR) is 93.9 cm³/mol. The highest BCUT2D eigenvalue weighted by atomic mass is 16.5. The molecule has 3 aliphatic rings. The van der Waals surface area contributed by atoms with E-state index < -0.39 is 0 Å². The fraction of sp³-hybridized carbons (Fsp3) is 0.684. The van der Waals surface area contributed by atoms with Crippen LogP contribution < -0.4 is 5.32 Å². The fourth-order valence-corrected chi connectivity index (χ4v) is 4.60. The molecule has 0 spiro atoms. The van der Waals surface area contributed by atoms with Crippen LogP contribution in [0.2, 0.25) is 0 Å². The molecule has 0 bridgehead atoms. The molecule has 0 aromatic heterocycles. The van der Waals surface area contributed by atoms with E-state index in [0.29, 0.717) is 18.2 Å². The van der Waals surface area contributed by atoms with Crippen molar-refractivity contribution in [2.45, 2.75) is 50.4 Å². The maximum atomic E-state index is 6.14. The minimum atomic E-state index is 0.412. The SMILES string of the molecule is CN(C)C1CCC2C(C1)OCCN2Cc1cccc2c1NCC2. The number of ether oxygens (including phenoxy) is 1. The first-order chi connectivity index (χ1) is 11.2. The zero-order valence-corrected chi connectivity index (χ0v) is 14.4. The number of anilines is 1. The number of rotatable bonds is 3. The minimum Gasteiger partial charge on any atom is -0.384 e. The Hall–Kier alpha value is -1.10. The van der Waals surface area contributed by atoms with Gasteiger partial charge in [0, 0.05) is 37.4 Å². The quantitative estimate of drug-likeness (QED) is 0.926. The third-order valence-corrected chi connectivity index (χ3v) is 5.95. The Bertz CT molecular complexity index is 560. The Morgan fingerprint density at radius 2 is 2.22 bits per heavy atom. The van der Waals surface area contributed by atoms with Gasteiger partial charge >= 0.3 is 0 Å². The van der Waals surface area contributed by atoms with Crippen LogP contribution in [-0.2, 0) is 17.7 Å². The number of hydrogen-bond acceptors (Lipinski definition) is 4. The van der Waals surface area contributed by atoms with Gasteiger partial charge in [0.05, 0.1) is 12.7 Å². The second kappa shape index (κ2) is 6.42. The van der Waals surface area contributed by atoms with Crippen LogP contribution in [0, 0.1) is 0 Å². The van der Waals surface area contributed by atoms with Crippen molar-refractivity contribution in [2.24, 2.45) is 0 Å². The molecule has 1 aromatic carbocycles. The van der Waals surface area contributed by atoms with Crippen LogP contribution >= 0.6 is 0 Å².